The van der Waals surface area contributed by atoms with E-state index in [1.807, 2.05) is 25.1 Å². The molecule has 6 fully saturated rings. The van der Waals surface area contributed by atoms with Gasteiger partial charge in [-0.2, -0.15) is 9.97 Å². The van der Waals surface area contributed by atoms with E-state index < -0.39 is 29.3 Å². The zero-order valence-electron chi connectivity index (χ0n) is 42.7. The maximum atomic E-state index is 17.2. The number of anilines is 2. The van der Waals surface area contributed by atoms with Gasteiger partial charge in [-0.1, -0.05) is 13.0 Å². The van der Waals surface area contributed by atoms with Crippen molar-refractivity contribution in [3.63, 3.8) is 0 Å². The second-order valence-corrected chi connectivity index (χ2v) is 23.0. The number of hydrogen-bond donors (Lipinski definition) is 3. The maximum Gasteiger partial charge on any atom is 0.319 e. The summed E-state index contributed by atoms with van der Waals surface area (Å²) in [6.07, 6.45) is 9.72. The molecule has 5 aliphatic heterocycles. The summed E-state index contributed by atoms with van der Waals surface area (Å²) in [4.78, 5) is 62.5. The highest BCUT2D eigenvalue weighted by Gasteiger charge is 2.54. The predicted molar refractivity (Wildman–Crippen MR) is 277 cm³/mol. The molecule has 0 unspecified atom stereocenters. The first-order valence-corrected chi connectivity index (χ1v) is 27.2. The number of amides is 3. The molecule has 2 atom stereocenters. The van der Waals surface area contributed by atoms with Crippen molar-refractivity contribution in [1.29, 1.82) is 0 Å². The van der Waals surface area contributed by atoms with Crippen molar-refractivity contribution in [2.45, 2.75) is 102 Å². The molecule has 75 heavy (non-hydrogen) atoms. The van der Waals surface area contributed by atoms with Gasteiger partial charge in [-0.25, -0.2) is 13.2 Å². The van der Waals surface area contributed by atoms with Crippen LogP contribution >= 0.6 is 0 Å². The number of benzene rings is 3. The van der Waals surface area contributed by atoms with Crippen molar-refractivity contribution >= 4 is 50.9 Å². The number of carbonyl (C=O) groups excluding carboxylic acids is 3. The molecule has 2 aliphatic carbocycles. The van der Waals surface area contributed by atoms with Crippen molar-refractivity contribution in [2.75, 3.05) is 88.5 Å². The number of pyridine rings is 1. The highest BCUT2D eigenvalue weighted by molar-refractivity contribution is 6.06. The first-order valence-electron chi connectivity index (χ1n) is 27.2. The Morgan fingerprint density at radius 3 is 2.41 bits per heavy atom. The first kappa shape index (κ1) is 49.7. The third kappa shape index (κ3) is 9.53. The second-order valence-electron chi connectivity index (χ2n) is 23.0. The molecule has 0 radical (unpaired) electrons. The lowest BCUT2D eigenvalue weighted by Crippen LogP contribution is -2.61. The van der Waals surface area contributed by atoms with Crippen LogP contribution < -0.4 is 19.9 Å². The monoisotopic (exact) mass is 1030 g/mol. The van der Waals surface area contributed by atoms with Crippen LogP contribution in [0.3, 0.4) is 0 Å². The van der Waals surface area contributed by atoms with Crippen LogP contribution in [0.4, 0.5) is 24.7 Å². The minimum Gasteiger partial charge on any atom is -0.508 e. The SMILES string of the molecule is CCc1c(F)ccc2cc(O)cc(-c3ncc4c(N5CCC[C@H](CCO)C5)nc(OCC5(CN6CC7(CCC(F)(CN8CCN(c9ccc%10c(c9)CN([C@H]9CCC(=O)NC9=O)C%10=O)CC8)CC7)C6)CC5)nc4c3F)c12. The summed E-state index contributed by atoms with van der Waals surface area (Å²) in [5, 5.41) is 24.4. The molecule has 7 heterocycles. The fraction of sp³-hybridized carbons (Fsp3) is 0.544. The summed E-state index contributed by atoms with van der Waals surface area (Å²) >= 11 is 0. The van der Waals surface area contributed by atoms with Gasteiger partial charge in [-0.3, -0.25) is 29.6 Å². The highest BCUT2D eigenvalue weighted by Crippen LogP contribution is 2.53. The van der Waals surface area contributed by atoms with Crippen LogP contribution in [-0.4, -0.2) is 148 Å². The van der Waals surface area contributed by atoms with Crippen LogP contribution in [0.5, 0.6) is 11.8 Å². The molecule has 1 spiro atoms. The van der Waals surface area contributed by atoms with E-state index in [0.717, 1.165) is 95.6 Å². The zero-order valence-corrected chi connectivity index (χ0v) is 42.7. The molecule has 5 aromatic rings. The molecule has 2 aromatic heterocycles. The maximum absolute atomic E-state index is 17.2. The minimum absolute atomic E-state index is 0.0330. The number of piperazine rings is 1. The van der Waals surface area contributed by atoms with Crippen LogP contribution in [0.25, 0.3) is 32.9 Å². The molecular formula is C57H66F3N9O6. The number of rotatable bonds is 14. The molecular weight excluding hydrogens is 964 g/mol. The number of phenols is 1. The molecule has 7 aliphatic rings. The van der Waals surface area contributed by atoms with Gasteiger partial charge < -0.3 is 34.5 Å². The van der Waals surface area contributed by atoms with E-state index in [2.05, 4.69) is 29.9 Å². The third-order valence-electron chi connectivity index (χ3n) is 17.9. The lowest BCUT2D eigenvalue weighted by Gasteiger charge is -2.55. The number of imide groups is 1. The number of carbonyl (C=O) groups is 3. The van der Waals surface area contributed by atoms with Crippen LogP contribution in [0, 0.1) is 28.4 Å². The second kappa shape index (κ2) is 19.5. The van der Waals surface area contributed by atoms with Crippen molar-refractivity contribution in [3.8, 4) is 23.0 Å². The number of likely N-dealkylation sites (tertiary alicyclic amines) is 1. The van der Waals surface area contributed by atoms with E-state index in [9.17, 15) is 24.6 Å². The number of aliphatic hydroxyl groups is 1. The normalized spacial score (nSPS) is 23.5. The van der Waals surface area contributed by atoms with Gasteiger partial charge in [0.1, 0.15) is 40.3 Å². The van der Waals surface area contributed by atoms with E-state index >= 15 is 13.2 Å². The van der Waals surface area contributed by atoms with Gasteiger partial charge in [-0.15, -0.1) is 0 Å². The molecule has 396 valence electrons. The summed E-state index contributed by atoms with van der Waals surface area (Å²) in [5.41, 5.74) is 1.93. The number of phenolic OH excluding ortho intramolecular Hbond substituents is 1. The smallest absolute Gasteiger partial charge is 0.319 e. The fourth-order valence-corrected chi connectivity index (χ4v) is 13.5. The Bertz CT molecular complexity index is 3070. The van der Waals surface area contributed by atoms with Crippen LogP contribution in [-0.2, 0) is 22.6 Å². The number of aliphatic hydroxyl groups excluding tert-OH is 1. The molecule has 2 saturated carbocycles. The number of fused-ring (bicyclic) bond motifs is 3. The van der Waals surface area contributed by atoms with E-state index in [4.69, 9.17) is 14.7 Å². The van der Waals surface area contributed by atoms with E-state index in [1.54, 1.807) is 23.2 Å². The van der Waals surface area contributed by atoms with Gasteiger partial charge in [0.15, 0.2) is 5.82 Å². The number of aromatic nitrogens is 3. The summed E-state index contributed by atoms with van der Waals surface area (Å²) in [5.74, 6) is -1.36. The zero-order chi connectivity index (χ0) is 51.8. The van der Waals surface area contributed by atoms with E-state index in [-0.39, 0.29) is 70.1 Å². The molecule has 4 saturated heterocycles. The molecule has 18 heteroatoms. The number of alkyl halides is 1. The Labute approximate surface area is 434 Å². The first-order chi connectivity index (χ1) is 36.2. The molecule has 15 nitrogen and oxygen atoms in total. The number of nitrogens with one attached hydrogen (secondary N) is 1. The van der Waals surface area contributed by atoms with Gasteiger partial charge >= 0.3 is 6.01 Å². The number of ether oxygens (including phenoxy) is 1. The van der Waals surface area contributed by atoms with Crippen molar-refractivity contribution in [1.82, 2.24) is 35.0 Å². The Morgan fingerprint density at radius 1 is 0.867 bits per heavy atom. The minimum atomic E-state index is -1.23. The van der Waals surface area contributed by atoms with Gasteiger partial charge in [0, 0.05) is 113 Å². The number of aryl methyl sites for hydroxylation is 1. The van der Waals surface area contributed by atoms with Crippen molar-refractivity contribution < 1.29 is 42.5 Å². The average molecular weight is 1030 g/mol. The Balaban J connectivity index is 0.670. The van der Waals surface area contributed by atoms with Gasteiger partial charge in [-0.05, 0) is 140 Å². The number of halogens is 3. The number of hydrogen-bond acceptors (Lipinski definition) is 13. The Hall–Kier alpha value is -6.11. The number of nitrogens with zero attached hydrogens (tertiary/aromatic N) is 8. The summed E-state index contributed by atoms with van der Waals surface area (Å²) in [7, 11) is 0. The molecule has 3 N–H and O–H groups in total. The summed E-state index contributed by atoms with van der Waals surface area (Å²) in [6.45, 7) is 10.0. The van der Waals surface area contributed by atoms with E-state index in [1.165, 1.54) is 12.1 Å². The van der Waals surface area contributed by atoms with Gasteiger partial charge in [0.05, 0.1) is 12.0 Å². The Morgan fingerprint density at radius 2 is 1.67 bits per heavy atom. The molecule has 3 amide bonds. The highest BCUT2D eigenvalue weighted by atomic mass is 19.1. The molecule has 12 rings (SSSR count). The Kier molecular flexibility index (Phi) is 12.9. The lowest BCUT2D eigenvalue weighted by molar-refractivity contribution is -0.136. The quantitative estimate of drug-likeness (QED) is 0.0949. The topological polar surface area (TPSA) is 168 Å². The largest absolute Gasteiger partial charge is 0.508 e. The van der Waals surface area contributed by atoms with Gasteiger partial charge in [0.2, 0.25) is 11.8 Å². The van der Waals surface area contributed by atoms with Crippen LogP contribution in [0.15, 0.2) is 48.7 Å². The van der Waals surface area contributed by atoms with Gasteiger partial charge in [0.25, 0.3) is 5.91 Å². The van der Waals surface area contributed by atoms with Crippen LogP contribution in [0.2, 0.25) is 0 Å². The standard InChI is InChI=1S/C57H66F3N9O6/c1-2-40-44(58)8-5-36-25-39(71)26-42(47(36)40)49-48(59)50-43(27-61-49)51(68-18-3-4-35(28-68)11-23-70)64-54(63-50)75-34-56(12-13-56)32-66-30-55(31-66)14-16-57(60,17-15-55)33-65-19-21-67(22-20-65)38-6-7-41-37(24-38)29-69(53(41)74)45-9-10-46(72)62-52(45)73/h5-8,24-27,35,45,70-71H,2-4,9-23,28-34H2,1H3,(H,62,72,73)/t35-,45+/m1/s1. The number of piperidine rings is 2. The predicted octanol–water partition coefficient (Wildman–Crippen LogP) is 7.32. The van der Waals surface area contributed by atoms with Crippen molar-refractivity contribution in [3.05, 3.63) is 77.0 Å². The lowest BCUT2D eigenvalue weighted by atomic mass is 9.64. The van der Waals surface area contributed by atoms with Crippen molar-refractivity contribution in [2.24, 2.45) is 16.7 Å². The summed E-state index contributed by atoms with van der Waals surface area (Å²) in [6, 6.07) is 11.2. The van der Waals surface area contributed by atoms with E-state index in [0.29, 0.717) is 98.0 Å². The van der Waals surface area contributed by atoms with Crippen LogP contribution in [0.1, 0.15) is 99.0 Å². The number of aromatic hydroxyl groups is 1. The summed E-state index contributed by atoms with van der Waals surface area (Å²) < 4.78 is 55.6. The molecule has 3 aromatic carbocycles. The average Bonchev–Trinajstić information content (AvgIpc) is 4.09. The fourth-order valence-electron chi connectivity index (χ4n) is 13.5. The third-order valence-corrected chi connectivity index (χ3v) is 17.9. The molecule has 0 bridgehead atoms.